The number of aromatic hydroxyl groups is 1. The minimum Gasteiger partial charge on any atom is -0.493 e. The van der Waals surface area contributed by atoms with Gasteiger partial charge in [0.15, 0.2) is 0 Å². The van der Waals surface area contributed by atoms with Gasteiger partial charge in [-0.1, -0.05) is 37.6 Å². The summed E-state index contributed by atoms with van der Waals surface area (Å²) in [6, 6.07) is 1.92. The Hall–Kier alpha value is -2.65. The maximum Gasteiger partial charge on any atom is 0.271 e. The van der Waals surface area contributed by atoms with Crippen molar-refractivity contribution >= 4 is 17.3 Å². The highest BCUT2D eigenvalue weighted by molar-refractivity contribution is 6.31. The van der Waals surface area contributed by atoms with Crippen LogP contribution in [0, 0.1) is 18.3 Å². The Kier molecular flexibility index (Phi) is 7.83. The van der Waals surface area contributed by atoms with Crippen LogP contribution in [0.1, 0.15) is 37.8 Å². The second kappa shape index (κ2) is 9.60. The number of pyridine rings is 1. The smallest absolute Gasteiger partial charge is 0.271 e. The lowest BCUT2D eigenvalue weighted by atomic mass is 10.1. The zero-order valence-corrected chi connectivity index (χ0v) is 15.4. The summed E-state index contributed by atoms with van der Waals surface area (Å²) >= 11 is 5.84. The topological polar surface area (TPSA) is 90.1 Å². The van der Waals surface area contributed by atoms with E-state index in [0.717, 1.165) is 12.8 Å². The normalized spacial score (nSPS) is 11.8. The molecule has 0 aliphatic carbocycles. The summed E-state index contributed by atoms with van der Waals surface area (Å²) < 4.78 is 1.21. The Morgan fingerprint density at radius 2 is 2.16 bits per heavy atom. The molecule has 0 aliphatic rings. The van der Waals surface area contributed by atoms with Crippen molar-refractivity contribution in [2.24, 2.45) is 0 Å². The van der Waals surface area contributed by atoms with Crippen LogP contribution in [0.3, 0.4) is 0 Å². The maximum absolute atomic E-state index is 12.3. The molecule has 134 valence electrons. The number of nitriles is 1. The molecule has 7 heteroatoms. The number of hydrazine groups is 1. The predicted octanol–water partition coefficient (Wildman–Crippen LogP) is 3.66. The Bertz CT molecular complexity index is 801. The van der Waals surface area contributed by atoms with Crippen molar-refractivity contribution in [2.45, 2.75) is 40.2 Å². The predicted molar refractivity (Wildman–Crippen MR) is 101 cm³/mol. The summed E-state index contributed by atoms with van der Waals surface area (Å²) in [5.41, 5.74) is 6.68. The number of aromatic nitrogens is 1. The first-order valence-electron chi connectivity index (χ1n) is 7.92. The van der Waals surface area contributed by atoms with Crippen molar-refractivity contribution in [1.82, 2.24) is 9.99 Å². The van der Waals surface area contributed by atoms with Crippen LogP contribution >= 0.6 is 11.6 Å². The zero-order valence-electron chi connectivity index (χ0n) is 14.7. The number of allylic oxidation sites excluding steroid dienone is 5. The highest BCUT2D eigenvalue weighted by atomic mass is 35.5. The van der Waals surface area contributed by atoms with Gasteiger partial charge in [-0.25, -0.2) is 0 Å². The summed E-state index contributed by atoms with van der Waals surface area (Å²) in [6.45, 7) is 9.29. The molecule has 0 bridgehead atoms. The lowest BCUT2D eigenvalue weighted by Crippen LogP contribution is -2.28. The third-order valence-electron chi connectivity index (χ3n) is 3.61. The minimum atomic E-state index is -0.482. The fourth-order valence-electron chi connectivity index (χ4n) is 2.10. The van der Waals surface area contributed by atoms with Gasteiger partial charge in [0.2, 0.25) is 5.88 Å². The molecule has 0 saturated heterocycles. The largest absolute Gasteiger partial charge is 0.493 e. The molecule has 1 heterocycles. The highest BCUT2D eigenvalue weighted by Crippen LogP contribution is 2.27. The van der Waals surface area contributed by atoms with E-state index in [4.69, 9.17) is 11.6 Å². The molecule has 0 unspecified atom stereocenters. The number of rotatable bonds is 8. The number of unbranched alkanes of at least 4 members (excludes halogenated alkanes) is 1. The minimum absolute atomic E-state index is 0.00873. The molecule has 0 fully saturated rings. The van der Waals surface area contributed by atoms with Crippen molar-refractivity contribution in [3.05, 3.63) is 57.0 Å². The van der Waals surface area contributed by atoms with Gasteiger partial charge in [-0.3, -0.25) is 14.8 Å². The molecular formula is C18H23ClN4O2. The van der Waals surface area contributed by atoms with E-state index < -0.39 is 5.56 Å². The number of anilines is 1. The van der Waals surface area contributed by atoms with Crippen LogP contribution in [0.25, 0.3) is 0 Å². The molecule has 1 aromatic heterocycles. The number of nitrogens with zero attached hydrogens (tertiary/aromatic N) is 2. The number of nitrogens with one attached hydrogen (secondary N) is 2. The average molecular weight is 363 g/mol. The van der Waals surface area contributed by atoms with Crippen LogP contribution in [-0.4, -0.2) is 9.67 Å². The molecule has 0 aromatic carbocycles. The molecule has 0 amide bonds. The first kappa shape index (κ1) is 20.4. The quantitative estimate of drug-likeness (QED) is 0.485. The summed E-state index contributed by atoms with van der Waals surface area (Å²) in [5.74, 6) is -0.199. The second-order valence-corrected chi connectivity index (χ2v) is 5.91. The van der Waals surface area contributed by atoms with E-state index in [2.05, 4.69) is 17.4 Å². The number of hydrogen-bond acceptors (Lipinski definition) is 5. The Balaban J connectivity index is 3.21. The van der Waals surface area contributed by atoms with Crippen molar-refractivity contribution in [3.8, 4) is 11.9 Å². The Labute approximate surface area is 152 Å². The van der Waals surface area contributed by atoms with Gasteiger partial charge in [0.1, 0.15) is 17.3 Å². The molecular weight excluding hydrogens is 340 g/mol. The van der Waals surface area contributed by atoms with E-state index in [1.165, 1.54) is 10.6 Å². The van der Waals surface area contributed by atoms with E-state index in [9.17, 15) is 15.2 Å². The van der Waals surface area contributed by atoms with Crippen LogP contribution in [0.2, 0.25) is 0 Å². The van der Waals surface area contributed by atoms with Crippen LogP contribution < -0.4 is 16.4 Å². The average Bonchev–Trinajstić information content (AvgIpc) is 2.59. The zero-order chi connectivity index (χ0) is 19.0. The third kappa shape index (κ3) is 5.16. The van der Waals surface area contributed by atoms with Gasteiger partial charge in [0, 0.05) is 22.8 Å². The van der Waals surface area contributed by atoms with Gasteiger partial charge in [-0.15, -0.1) is 0 Å². The second-order valence-electron chi connectivity index (χ2n) is 5.48. The first-order chi connectivity index (χ1) is 11.9. The van der Waals surface area contributed by atoms with E-state index in [1.54, 1.807) is 26.0 Å². The van der Waals surface area contributed by atoms with Gasteiger partial charge < -0.3 is 10.5 Å². The maximum atomic E-state index is 12.3. The molecule has 0 aliphatic heterocycles. The van der Waals surface area contributed by atoms with Gasteiger partial charge in [0.25, 0.3) is 5.56 Å². The van der Waals surface area contributed by atoms with Gasteiger partial charge in [0.05, 0.1) is 0 Å². The fraction of sp³-hybridized carbons (Fsp3) is 0.333. The SMILES string of the molecule is C=C/C(Cl)=C\C=C(/C)NNc1c(C)c(C#N)c(=O)n(CCCC)c1O. The van der Waals surface area contributed by atoms with Gasteiger partial charge >= 0.3 is 0 Å². The summed E-state index contributed by atoms with van der Waals surface area (Å²) in [6.07, 6.45) is 6.48. The fourth-order valence-corrected chi connectivity index (χ4v) is 2.16. The molecule has 3 N–H and O–H groups in total. The summed E-state index contributed by atoms with van der Waals surface area (Å²) in [5, 5.41) is 20.2. The summed E-state index contributed by atoms with van der Waals surface area (Å²) in [4.78, 5) is 12.3. The van der Waals surface area contributed by atoms with Crippen LogP contribution in [0.5, 0.6) is 5.88 Å². The molecule has 0 saturated carbocycles. The van der Waals surface area contributed by atoms with Crippen molar-refractivity contribution < 1.29 is 5.11 Å². The molecule has 0 radical (unpaired) electrons. The molecule has 0 atom stereocenters. The summed E-state index contributed by atoms with van der Waals surface area (Å²) in [7, 11) is 0. The van der Waals surface area contributed by atoms with Crippen molar-refractivity contribution in [3.63, 3.8) is 0 Å². The number of halogens is 1. The van der Waals surface area contributed by atoms with E-state index in [0.29, 0.717) is 28.5 Å². The first-order valence-corrected chi connectivity index (χ1v) is 8.30. The molecule has 0 spiro atoms. The van der Waals surface area contributed by atoms with E-state index in [-0.39, 0.29) is 11.4 Å². The van der Waals surface area contributed by atoms with Crippen molar-refractivity contribution in [2.75, 3.05) is 5.43 Å². The standard InChI is InChI=1S/C18H23ClN4O2/c1-5-7-10-23-17(24)15(11-20)13(4)16(18(23)25)22-21-12(3)8-9-14(19)6-2/h6,8-9,21-22,25H,2,5,7,10H2,1,3-4H3/b12-8+,14-9+. The third-order valence-corrected chi connectivity index (χ3v) is 3.89. The highest BCUT2D eigenvalue weighted by Gasteiger charge is 2.18. The van der Waals surface area contributed by atoms with Gasteiger partial charge in [-0.05, 0) is 32.4 Å². The molecule has 25 heavy (non-hydrogen) atoms. The van der Waals surface area contributed by atoms with Crippen LogP contribution in [0.4, 0.5) is 5.69 Å². The van der Waals surface area contributed by atoms with Crippen LogP contribution in [-0.2, 0) is 6.54 Å². The van der Waals surface area contributed by atoms with Crippen LogP contribution in [0.15, 0.2) is 40.3 Å². The Morgan fingerprint density at radius 1 is 1.48 bits per heavy atom. The molecule has 1 rings (SSSR count). The molecule has 1 aromatic rings. The van der Waals surface area contributed by atoms with E-state index in [1.807, 2.05) is 13.0 Å². The molecule has 6 nitrogen and oxygen atoms in total. The van der Waals surface area contributed by atoms with E-state index >= 15 is 0 Å². The van der Waals surface area contributed by atoms with Gasteiger partial charge in [-0.2, -0.15) is 5.26 Å². The number of hydrogen-bond donors (Lipinski definition) is 3. The monoisotopic (exact) mass is 362 g/mol. The lowest BCUT2D eigenvalue weighted by Gasteiger charge is -2.18. The Morgan fingerprint density at radius 3 is 2.72 bits per heavy atom. The lowest BCUT2D eigenvalue weighted by molar-refractivity contribution is 0.402. The van der Waals surface area contributed by atoms with Crippen molar-refractivity contribution in [1.29, 1.82) is 5.26 Å².